The predicted molar refractivity (Wildman–Crippen MR) is 414 cm³/mol. The van der Waals surface area contributed by atoms with Gasteiger partial charge in [-0.05, 0) is 31.6 Å². The van der Waals surface area contributed by atoms with Gasteiger partial charge in [-0.25, -0.2) is 9.13 Å². The average Bonchev–Trinajstić information content (AvgIpc) is 1.00. The van der Waals surface area contributed by atoms with Crippen LogP contribution in [0, 0.1) is 5.92 Å². The molecule has 0 heterocycles. The highest BCUT2D eigenvalue weighted by molar-refractivity contribution is 7.47. The van der Waals surface area contributed by atoms with Crippen LogP contribution in [-0.2, 0) is 65.4 Å². The largest absolute Gasteiger partial charge is 0.472 e. The Bertz CT molecular complexity index is 1930. The number of carbonyl (C=O) groups excluding carboxylic acids is 4. The van der Waals surface area contributed by atoms with E-state index in [0.717, 1.165) is 95.8 Å². The van der Waals surface area contributed by atoms with Gasteiger partial charge in [-0.2, -0.15) is 0 Å². The predicted octanol–water partition coefficient (Wildman–Crippen LogP) is 24.8. The zero-order chi connectivity index (χ0) is 74.1. The van der Waals surface area contributed by atoms with Crippen LogP contribution >= 0.6 is 15.6 Å². The van der Waals surface area contributed by atoms with Crippen LogP contribution in [-0.4, -0.2) is 96.7 Å². The van der Waals surface area contributed by atoms with Crippen molar-refractivity contribution in [2.45, 2.75) is 457 Å². The number of hydrogen-bond acceptors (Lipinski definition) is 15. The molecule has 19 heteroatoms. The highest BCUT2D eigenvalue weighted by atomic mass is 31.2. The highest BCUT2D eigenvalue weighted by Crippen LogP contribution is 2.45. The van der Waals surface area contributed by atoms with Crippen molar-refractivity contribution >= 4 is 39.5 Å². The Morgan fingerprint density at radius 2 is 0.455 bits per heavy atom. The van der Waals surface area contributed by atoms with Gasteiger partial charge in [0.25, 0.3) is 0 Å². The molecule has 0 aliphatic rings. The molecule has 0 saturated carbocycles. The summed E-state index contributed by atoms with van der Waals surface area (Å²) in [7, 11) is -9.92. The second-order valence-electron chi connectivity index (χ2n) is 30.0. The lowest BCUT2D eigenvalue weighted by atomic mass is 10.0. The summed E-state index contributed by atoms with van der Waals surface area (Å²) >= 11 is 0. The first-order valence-electron chi connectivity index (χ1n) is 42.6. The molecule has 0 aromatic carbocycles. The summed E-state index contributed by atoms with van der Waals surface area (Å²) in [4.78, 5) is 73.1. The van der Waals surface area contributed by atoms with Crippen molar-refractivity contribution in [3.63, 3.8) is 0 Å². The molecule has 0 rings (SSSR count). The van der Waals surface area contributed by atoms with Gasteiger partial charge in [0.15, 0.2) is 12.2 Å². The average molecular weight is 1480 g/mol. The number of carbonyl (C=O) groups is 4. The molecule has 0 aliphatic carbocycles. The Hall–Kier alpha value is -1.94. The minimum atomic E-state index is -4.96. The molecule has 101 heavy (non-hydrogen) atoms. The summed E-state index contributed by atoms with van der Waals surface area (Å²) in [5.41, 5.74) is 0. The molecule has 5 atom stereocenters. The van der Waals surface area contributed by atoms with Gasteiger partial charge in [0.05, 0.1) is 26.4 Å². The number of unbranched alkanes of at least 4 members (excludes halogenated alkanes) is 54. The number of rotatable bonds is 82. The lowest BCUT2D eigenvalue weighted by Gasteiger charge is -2.21. The van der Waals surface area contributed by atoms with E-state index in [2.05, 4.69) is 34.6 Å². The quantitative estimate of drug-likeness (QED) is 0.0222. The van der Waals surface area contributed by atoms with Crippen molar-refractivity contribution in [1.29, 1.82) is 0 Å². The zero-order valence-electron chi connectivity index (χ0n) is 66.1. The molecular formula is C82H160O17P2. The first kappa shape index (κ1) is 99.1. The Kier molecular flexibility index (Phi) is 73.5. The number of phosphoric ester groups is 2. The number of hydrogen-bond donors (Lipinski definition) is 3. The molecule has 3 N–H and O–H groups in total. The summed E-state index contributed by atoms with van der Waals surface area (Å²) < 4.78 is 68.7. The first-order valence-corrected chi connectivity index (χ1v) is 45.6. The minimum Gasteiger partial charge on any atom is -0.462 e. The van der Waals surface area contributed by atoms with Crippen molar-refractivity contribution in [3.8, 4) is 0 Å². The third kappa shape index (κ3) is 76.1. The standard InChI is InChI=1S/C82H160O17P2/c1-6-9-12-15-18-21-24-27-29-31-32-33-34-35-37-39-42-47-52-57-62-67-81(86)98-77(71-93-80(85)66-61-56-51-46-41-38-36-30-28-25-22-19-16-13-10-7-2)73-96-100(88,89)94-69-76(83)70-95-101(90,91)97-74-78(99-82(87)68-63-58-53-48-43-44-49-54-59-64-75(4)5)72-92-79(84)65-60-55-50-45-40-26-23-20-17-14-11-8-3/h75-78,83H,6-74H2,1-5H3,(H,88,89)(H,90,91)/t76-,77-,78-/m1/s1. The van der Waals surface area contributed by atoms with E-state index >= 15 is 0 Å². The molecule has 0 radical (unpaired) electrons. The molecule has 0 aromatic rings. The van der Waals surface area contributed by atoms with Crippen molar-refractivity contribution in [2.24, 2.45) is 5.92 Å². The molecule has 0 fully saturated rings. The van der Waals surface area contributed by atoms with Crippen molar-refractivity contribution < 1.29 is 80.2 Å². The second kappa shape index (κ2) is 74.9. The number of ether oxygens (including phenoxy) is 4. The SMILES string of the molecule is CCCCCCCCCCCCCCCCCCCCCCCC(=O)O[C@H](COC(=O)CCCCCCCCCCCCCCCCCC)COP(=O)(O)OC[C@@H](O)COP(=O)(O)OC[C@@H](COC(=O)CCCCCCCCCCCCCC)OC(=O)CCCCCCCCCCCC(C)C. The maximum Gasteiger partial charge on any atom is 0.472 e. The van der Waals surface area contributed by atoms with Crippen molar-refractivity contribution in [3.05, 3.63) is 0 Å². The molecule has 0 aliphatic heterocycles. The normalized spacial score (nSPS) is 13.8. The monoisotopic (exact) mass is 1480 g/mol. The molecule has 0 bridgehead atoms. The van der Waals surface area contributed by atoms with Crippen LogP contribution in [0.15, 0.2) is 0 Å². The van der Waals surface area contributed by atoms with E-state index in [1.54, 1.807) is 0 Å². The van der Waals surface area contributed by atoms with Gasteiger partial charge in [0, 0.05) is 25.7 Å². The maximum atomic E-state index is 13.1. The maximum absolute atomic E-state index is 13.1. The topological polar surface area (TPSA) is 237 Å². The fourth-order valence-electron chi connectivity index (χ4n) is 12.8. The smallest absolute Gasteiger partial charge is 0.462 e. The van der Waals surface area contributed by atoms with E-state index in [4.69, 9.17) is 37.0 Å². The molecule has 600 valence electrons. The first-order chi connectivity index (χ1) is 49.0. The lowest BCUT2D eigenvalue weighted by molar-refractivity contribution is -0.161. The number of aliphatic hydroxyl groups is 1. The minimum absolute atomic E-state index is 0.106. The fourth-order valence-corrected chi connectivity index (χ4v) is 14.3. The summed E-state index contributed by atoms with van der Waals surface area (Å²) in [5, 5.41) is 10.6. The molecule has 0 aromatic heterocycles. The Balaban J connectivity index is 5.22. The van der Waals surface area contributed by atoms with Crippen LogP contribution in [0.4, 0.5) is 0 Å². The Morgan fingerprint density at radius 3 is 0.673 bits per heavy atom. The zero-order valence-corrected chi connectivity index (χ0v) is 67.8. The van der Waals surface area contributed by atoms with E-state index in [-0.39, 0.29) is 25.7 Å². The Morgan fingerprint density at radius 1 is 0.267 bits per heavy atom. The van der Waals surface area contributed by atoms with E-state index in [1.807, 2.05) is 0 Å². The highest BCUT2D eigenvalue weighted by Gasteiger charge is 2.30. The summed E-state index contributed by atoms with van der Waals surface area (Å²) in [6, 6.07) is 0. The van der Waals surface area contributed by atoms with Gasteiger partial charge in [0.1, 0.15) is 19.3 Å². The fraction of sp³-hybridized carbons (Fsp3) is 0.951. The molecular weight excluding hydrogens is 1320 g/mol. The van der Waals surface area contributed by atoms with E-state index in [1.165, 1.54) is 263 Å². The third-order valence-electron chi connectivity index (χ3n) is 19.3. The number of esters is 4. The summed E-state index contributed by atoms with van der Waals surface area (Å²) in [5.74, 6) is -1.37. The lowest BCUT2D eigenvalue weighted by Crippen LogP contribution is -2.30. The van der Waals surface area contributed by atoms with Crippen LogP contribution in [0.3, 0.4) is 0 Å². The van der Waals surface area contributed by atoms with E-state index in [9.17, 15) is 43.2 Å². The molecule has 0 saturated heterocycles. The van der Waals surface area contributed by atoms with Crippen LogP contribution < -0.4 is 0 Å². The summed E-state index contributed by atoms with van der Waals surface area (Å²) in [6.45, 7) is 7.31. The van der Waals surface area contributed by atoms with Crippen molar-refractivity contribution in [1.82, 2.24) is 0 Å². The third-order valence-corrected chi connectivity index (χ3v) is 21.2. The van der Waals surface area contributed by atoms with Crippen LogP contribution in [0.2, 0.25) is 0 Å². The van der Waals surface area contributed by atoms with Crippen LogP contribution in [0.1, 0.15) is 439 Å². The molecule has 17 nitrogen and oxygen atoms in total. The van der Waals surface area contributed by atoms with Crippen LogP contribution in [0.25, 0.3) is 0 Å². The molecule has 0 amide bonds. The van der Waals surface area contributed by atoms with E-state index in [0.29, 0.717) is 25.7 Å². The Labute approximate surface area is 619 Å². The van der Waals surface area contributed by atoms with Gasteiger partial charge >= 0.3 is 39.5 Å². The summed E-state index contributed by atoms with van der Waals surface area (Å²) in [6.07, 6.45) is 66.6. The number of aliphatic hydroxyl groups excluding tert-OH is 1. The molecule has 0 spiro atoms. The number of phosphoric acid groups is 2. The van der Waals surface area contributed by atoms with Gasteiger partial charge in [-0.15, -0.1) is 0 Å². The van der Waals surface area contributed by atoms with Crippen LogP contribution in [0.5, 0.6) is 0 Å². The van der Waals surface area contributed by atoms with Crippen molar-refractivity contribution in [2.75, 3.05) is 39.6 Å². The van der Waals surface area contributed by atoms with Gasteiger partial charge in [-0.3, -0.25) is 37.3 Å². The van der Waals surface area contributed by atoms with E-state index < -0.39 is 97.5 Å². The second-order valence-corrected chi connectivity index (χ2v) is 32.9. The van der Waals surface area contributed by atoms with Gasteiger partial charge in [0.2, 0.25) is 0 Å². The van der Waals surface area contributed by atoms with Gasteiger partial charge in [-0.1, -0.05) is 388 Å². The van der Waals surface area contributed by atoms with Gasteiger partial charge < -0.3 is 33.8 Å². The molecule has 2 unspecified atom stereocenters.